The summed E-state index contributed by atoms with van der Waals surface area (Å²) in [5.41, 5.74) is 4.59. The second-order valence-electron chi connectivity index (χ2n) is 7.12. The van der Waals surface area contributed by atoms with E-state index in [1.807, 2.05) is 6.07 Å². The monoisotopic (exact) mass is 488 g/mol. The maximum Gasteiger partial charge on any atom is 0.328 e. The van der Waals surface area contributed by atoms with E-state index in [0.717, 1.165) is 28.3 Å². The van der Waals surface area contributed by atoms with E-state index in [9.17, 15) is 14.4 Å². The van der Waals surface area contributed by atoms with Gasteiger partial charge in [0.15, 0.2) is 0 Å². The molecule has 1 aliphatic carbocycles. The zero-order chi connectivity index (χ0) is 21.4. The molecule has 0 radical (unpaired) electrons. The van der Waals surface area contributed by atoms with Crippen LogP contribution in [-0.2, 0) is 9.59 Å². The zero-order valence-corrected chi connectivity index (χ0v) is 18.3. The molecule has 9 heteroatoms. The number of aromatic nitrogens is 1. The molecule has 1 aliphatic rings. The normalized spacial score (nSPS) is 13.2. The summed E-state index contributed by atoms with van der Waals surface area (Å²) in [5, 5.41) is 6.71. The van der Waals surface area contributed by atoms with Gasteiger partial charge in [-0.1, -0.05) is 33.6 Å². The van der Waals surface area contributed by atoms with Gasteiger partial charge in [0.1, 0.15) is 5.69 Å². The van der Waals surface area contributed by atoms with Crippen LogP contribution in [0.1, 0.15) is 28.9 Å². The molecule has 1 saturated carbocycles. The fourth-order valence-electron chi connectivity index (χ4n) is 3.03. The summed E-state index contributed by atoms with van der Waals surface area (Å²) in [6.07, 6.45) is 1.73. The average Bonchev–Trinajstić information content (AvgIpc) is 3.45. The number of rotatable bonds is 4. The largest absolute Gasteiger partial charge is 0.345 e. The summed E-state index contributed by atoms with van der Waals surface area (Å²) in [6.45, 7) is 1.80. The van der Waals surface area contributed by atoms with E-state index in [1.54, 1.807) is 43.3 Å². The fraction of sp³-hybridized carbons (Fsp3) is 0.190. The third-order valence-electron chi connectivity index (χ3n) is 4.84. The molecule has 0 saturated heterocycles. The summed E-state index contributed by atoms with van der Waals surface area (Å²) in [5.74, 6) is -2.01. The van der Waals surface area contributed by atoms with E-state index in [-0.39, 0.29) is 11.7 Å². The maximum atomic E-state index is 13.1. The van der Waals surface area contributed by atoms with Gasteiger partial charge in [-0.2, -0.15) is 0 Å². The van der Waals surface area contributed by atoms with Gasteiger partial charge in [-0.3, -0.25) is 19.8 Å². The number of hydrogen-bond acceptors (Lipinski definition) is 3. The van der Waals surface area contributed by atoms with Gasteiger partial charge in [-0.05, 0) is 61.7 Å². The van der Waals surface area contributed by atoms with Crippen molar-refractivity contribution in [3.8, 4) is 0 Å². The molecular weight excluding hydrogens is 472 g/mol. The molecule has 7 nitrogen and oxygen atoms in total. The number of carbonyl (C=O) groups excluding carboxylic acids is 3. The summed E-state index contributed by atoms with van der Waals surface area (Å²) in [4.78, 5) is 37.6. The van der Waals surface area contributed by atoms with Crippen LogP contribution in [0.3, 0.4) is 0 Å². The topological polar surface area (TPSA) is 92.2 Å². The molecule has 3 N–H and O–H groups in total. The predicted octanol–water partition coefficient (Wildman–Crippen LogP) is 3.97. The summed E-state index contributed by atoms with van der Waals surface area (Å²) < 4.78 is 2.15. The number of nitrogens with one attached hydrogen (secondary N) is 3. The van der Waals surface area contributed by atoms with Gasteiger partial charge in [0.05, 0.1) is 5.52 Å². The van der Waals surface area contributed by atoms with Crippen molar-refractivity contribution in [3.05, 3.63) is 63.2 Å². The van der Waals surface area contributed by atoms with Gasteiger partial charge in [0.2, 0.25) is 0 Å². The number of halogens is 2. The molecular formula is C21H18BrClN4O3. The van der Waals surface area contributed by atoms with E-state index in [4.69, 9.17) is 11.6 Å². The number of carbonyl (C=O) groups is 3. The molecule has 30 heavy (non-hydrogen) atoms. The highest BCUT2D eigenvalue weighted by Gasteiger charge is 2.27. The van der Waals surface area contributed by atoms with Crippen LogP contribution < -0.4 is 16.1 Å². The van der Waals surface area contributed by atoms with Gasteiger partial charge in [0, 0.05) is 26.6 Å². The SMILES string of the molecule is Cc1c(Cl)cccc1NC(=O)c1cc2cc(Br)ccc2n1NC(=O)C(=O)NC1CC1. The van der Waals surface area contributed by atoms with Crippen LogP contribution in [-0.4, -0.2) is 28.4 Å². The van der Waals surface area contributed by atoms with Gasteiger partial charge in [-0.25, -0.2) is 4.68 Å². The number of nitrogens with zero attached hydrogens (tertiary/aromatic N) is 1. The molecule has 1 fully saturated rings. The van der Waals surface area contributed by atoms with Crippen LogP contribution in [0.15, 0.2) is 46.9 Å². The Morgan fingerprint density at radius 3 is 2.60 bits per heavy atom. The first-order valence-electron chi connectivity index (χ1n) is 9.33. The van der Waals surface area contributed by atoms with Crippen molar-refractivity contribution in [2.75, 3.05) is 10.7 Å². The van der Waals surface area contributed by atoms with Crippen molar-refractivity contribution in [2.45, 2.75) is 25.8 Å². The fourth-order valence-corrected chi connectivity index (χ4v) is 3.59. The maximum absolute atomic E-state index is 13.1. The molecule has 0 spiro atoms. The minimum Gasteiger partial charge on any atom is -0.345 e. The van der Waals surface area contributed by atoms with Crippen molar-refractivity contribution in [3.63, 3.8) is 0 Å². The van der Waals surface area contributed by atoms with E-state index < -0.39 is 17.7 Å². The second-order valence-corrected chi connectivity index (χ2v) is 8.45. The molecule has 0 unspecified atom stereocenters. The van der Waals surface area contributed by atoms with Crippen molar-refractivity contribution < 1.29 is 14.4 Å². The van der Waals surface area contributed by atoms with Crippen LogP contribution in [0.4, 0.5) is 5.69 Å². The highest BCUT2D eigenvalue weighted by atomic mass is 79.9. The predicted molar refractivity (Wildman–Crippen MR) is 119 cm³/mol. The molecule has 3 amide bonds. The van der Waals surface area contributed by atoms with E-state index >= 15 is 0 Å². The van der Waals surface area contributed by atoms with Gasteiger partial charge < -0.3 is 10.6 Å². The summed E-state index contributed by atoms with van der Waals surface area (Å²) in [6, 6.07) is 12.3. The standard InChI is InChI=1S/C21H18BrClN4O3/c1-11-15(23)3-2-4-16(11)25-19(28)18-10-12-9-13(22)5-8-17(12)27(18)26-21(30)20(29)24-14-6-7-14/h2-5,8-10,14H,6-7H2,1H3,(H,24,29)(H,25,28)(H,26,30). The van der Waals surface area contributed by atoms with Crippen molar-refractivity contribution in [2.24, 2.45) is 0 Å². The Balaban J connectivity index is 1.68. The molecule has 154 valence electrons. The molecule has 4 rings (SSSR count). The van der Waals surface area contributed by atoms with Crippen molar-refractivity contribution >= 4 is 61.8 Å². The van der Waals surface area contributed by atoms with Crippen LogP contribution in [0.2, 0.25) is 5.02 Å². The molecule has 2 aromatic carbocycles. The summed E-state index contributed by atoms with van der Waals surface area (Å²) in [7, 11) is 0. The van der Waals surface area contributed by atoms with Crippen LogP contribution in [0.5, 0.6) is 0 Å². The quantitative estimate of drug-likeness (QED) is 0.484. The highest BCUT2D eigenvalue weighted by molar-refractivity contribution is 9.10. The summed E-state index contributed by atoms with van der Waals surface area (Å²) >= 11 is 9.55. The Labute approximate surface area is 185 Å². The molecule has 3 aromatic rings. The van der Waals surface area contributed by atoms with Crippen LogP contribution >= 0.6 is 27.5 Å². The number of anilines is 1. The lowest BCUT2D eigenvalue weighted by Crippen LogP contribution is -2.40. The van der Waals surface area contributed by atoms with Gasteiger partial charge in [-0.15, -0.1) is 0 Å². The lowest BCUT2D eigenvalue weighted by Gasteiger charge is -2.13. The average molecular weight is 490 g/mol. The Morgan fingerprint density at radius 2 is 1.87 bits per heavy atom. The first-order chi connectivity index (χ1) is 14.3. The third kappa shape index (κ3) is 4.20. The Hall–Kier alpha value is -2.84. The molecule has 1 aromatic heterocycles. The van der Waals surface area contributed by atoms with E-state index in [1.165, 1.54) is 4.68 Å². The third-order valence-corrected chi connectivity index (χ3v) is 5.75. The molecule has 0 aliphatic heterocycles. The highest BCUT2D eigenvalue weighted by Crippen LogP contribution is 2.26. The Kier molecular flexibility index (Phi) is 5.53. The van der Waals surface area contributed by atoms with Crippen molar-refractivity contribution in [1.82, 2.24) is 9.99 Å². The number of hydrogen-bond donors (Lipinski definition) is 3. The minimum atomic E-state index is -0.838. The number of fused-ring (bicyclic) bond motifs is 1. The molecule has 1 heterocycles. The van der Waals surface area contributed by atoms with E-state index in [2.05, 4.69) is 32.0 Å². The number of amides is 3. The molecule has 0 bridgehead atoms. The van der Waals surface area contributed by atoms with Crippen LogP contribution in [0.25, 0.3) is 10.9 Å². The van der Waals surface area contributed by atoms with Gasteiger partial charge in [0.25, 0.3) is 5.91 Å². The van der Waals surface area contributed by atoms with Crippen molar-refractivity contribution in [1.29, 1.82) is 0 Å². The minimum absolute atomic E-state index is 0.0502. The molecule has 0 atom stereocenters. The zero-order valence-electron chi connectivity index (χ0n) is 16.0. The first-order valence-corrected chi connectivity index (χ1v) is 10.5. The second kappa shape index (κ2) is 8.12. The lowest BCUT2D eigenvalue weighted by atomic mass is 10.2. The first kappa shape index (κ1) is 20.4. The van der Waals surface area contributed by atoms with E-state index in [0.29, 0.717) is 16.2 Å². The Bertz CT molecular complexity index is 1190. The Morgan fingerprint density at radius 1 is 1.10 bits per heavy atom. The van der Waals surface area contributed by atoms with Crippen LogP contribution in [0, 0.1) is 6.92 Å². The smallest absolute Gasteiger partial charge is 0.328 e. The lowest BCUT2D eigenvalue weighted by molar-refractivity contribution is -0.136. The number of benzene rings is 2. The van der Waals surface area contributed by atoms with Gasteiger partial charge >= 0.3 is 11.8 Å².